The Labute approximate surface area is 142 Å². The van der Waals surface area contributed by atoms with Gasteiger partial charge in [-0.15, -0.1) is 0 Å². The van der Waals surface area contributed by atoms with Crippen LogP contribution in [0.15, 0.2) is 23.2 Å². The van der Waals surface area contributed by atoms with Crippen molar-refractivity contribution in [2.45, 2.75) is 19.8 Å². The van der Waals surface area contributed by atoms with Gasteiger partial charge in [-0.25, -0.2) is 8.78 Å². The summed E-state index contributed by atoms with van der Waals surface area (Å²) in [6.45, 7) is 5.58. The maximum atomic E-state index is 13.6. The fourth-order valence-corrected chi connectivity index (χ4v) is 1.99. The van der Waals surface area contributed by atoms with Gasteiger partial charge in [-0.3, -0.25) is 4.99 Å². The molecule has 0 saturated carbocycles. The normalized spacial score (nSPS) is 11.6. The average Bonchev–Trinajstić information content (AvgIpc) is 2.57. The fraction of sp³-hybridized carbons (Fsp3) is 0.588. The molecule has 0 unspecified atom stereocenters. The van der Waals surface area contributed by atoms with E-state index in [2.05, 4.69) is 15.6 Å². The van der Waals surface area contributed by atoms with Crippen LogP contribution in [0.3, 0.4) is 0 Å². The highest BCUT2D eigenvalue weighted by atomic mass is 19.1. The van der Waals surface area contributed by atoms with Crippen molar-refractivity contribution in [3.05, 3.63) is 35.4 Å². The number of benzene rings is 1. The Hall–Kier alpha value is -1.73. The van der Waals surface area contributed by atoms with E-state index >= 15 is 0 Å². The van der Waals surface area contributed by atoms with Gasteiger partial charge >= 0.3 is 0 Å². The number of halogens is 2. The Balaban J connectivity index is 2.31. The third-order valence-electron chi connectivity index (χ3n) is 3.19. The van der Waals surface area contributed by atoms with Crippen LogP contribution in [0.25, 0.3) is 0 Å². The molecule has 0 heterocycles. The topological polar surface area (TPSA) is 54.9 Å². The van der Waals surface area contributed by atoms with Gasteiger partial charge in [-0.2, -0.15) is 0 Å². The maximum absolute atomic E-state index is 13.6. The van der Waals surface area contributed by atoms with Crippen LogP contribution < -0.4 is 10.6 Å². The molecule has 0 aliphatic heterocycles. The SMILES string of the molecule is CCNC(=NCCCOCCOC)NCCc1cc(F)ccc1F. The van der Waals surface area contributed by atoms with E-state index in [4.69, 9.17) is 9.47 Å². The Kier molecular flexibility index (Phi) is 10.7. The van der Waals surface area contributed by atoms with Crippen molar-refractivity contribution in [3.63, 3.8) is 0 Å². The fourth-order valence-electron chi connectivity index (χ4n) is 1.99. The summed E-state index contributed by atoms with van der Waals surface area (Å²) in [5.41, 5.74) is 0.352. The minimum absolute atomic E-state index is 0.352. The van der Waals surface area contributed by atoms with Gasteiger partial charge in [0.25, 0.3) is 0 Å². The predicted octanol–water partition coefficient (Wildman–Crippen LogP) is 2.12. The number of ether oxygens (including phenoxy) is 2. The Morgan fingerprint density at radius 3 is 2.75 bits per heavy atom. The molecule has 0 aliphatic carbocycles. The number of guanidine groups is 1. The van der Waals surface area contributed by atoms with E-state index in [0.29, 0.717) is 50.9 Å². The first-order valence-electron chi connectivity index (χ1n) is 8.20. The van der Waals surface area contributed by atoms with Gasteiger partial charge in [0.15, 0.2) is 5.96 Å². The van der Waals surface area contributed by atoms with Crippen molar-refractivity contribution in [1.82, 2.24) is 10.6 Å². The summed E-state index contributed by atoms with van der Waals surface area (Å²) >= 11 is 0. The molecule has 0 aliphatic rings. The van der Waals surface area contributed by atoms with Crippen molar-refractivity contribution in [2.24, 2.45) is 4.99 Å². The number of methoxy groups -OCH3 is 1. The van der Waals surface area contributed by atoms with Crippen LogP contribution in [0.2, 0.25) is 0 Å². The molecule has 0 aromatic heterocycles. The predicted molar refractivity (Wildman–Crippen MR) is 91.4 cm³/mol. The Morgan fingerprint density at radius 1 is 1.17 bits per heavy atom. The number of rotatable bonds is 11. The summed E-state index contributed by atoms with van der Waals surface area (Å²) in [5, 5.41) is 6.23. The minimum atomic E-state index is -0.430. The smallest absolute Gasteiger partial charge is 0.191 e. The highest BCUT2D eigenvalue weighted by Crippen LogP contribution is 2.09. The molecule has 0 atom stereocenters. The van der Waals surface area contributed by atoms with Crippen molar-refractivity contribution in [2.75, 3.05) is 46.6 Å². The lowest BCUT2D eigenvalue weighted by Crippen LogP contribution is -2.38. The van der Waals surface area contributed by atoms with Crippen molar-refractivity contribution in [3.8, 4) is 0 Å². The highest BCUT2D eigenvalue weighted by Gasteiger charge is 2.04. The summed E-state index contributed by atoms with van der Waals surface area (Å²) < 4.78 is 36.9. The summed E-state index contributed by atoms with van der Waals surface area (Å²) in [7, 11) is 1.64. The minimum Gasteiger partial charge on any atom is -0.382 e. The molecular formula is C17H27F2N3O2. The largest absolute Gasteiger partial charge is 0.382 e. The molecule has 5 nitrogen and oxygen atoms in total. The van der Waals surface area contributed by atoms with Crippen LogP contribution in [0.5, 0.6) is 0 Å². The Morgan fingerprint density at radius 2 is 2.00 bits per heavy atom. The molecule has 0 amide bonds. The monoisotopic (exact) mass is 343 g/mol. The molecule has 0 fully saturated rings. The summed E-state index contributed by atoms with van der Waals surface area (Å²) in [5.74, 6) is -0.167. The van der Waals surface area contributed by atoms with Gasteiger partial charge in [0, 0.05) is 33.4 Å². The van der Waals surface area contributed by atoms with E-state index < -0.39 is 11.6 Å². The molecular weight excluding hydrogens is 316 g/mol. The molecule has 0 radical (unpaired) electrons. The van der Waals surface area contributed by atoms with Crippen molar-refractivity contribution in [1.29, 1.82) is 0 Å². The number of hydrogen-bond acceptors (Lipinski definition) is 3. The van der Waals surface area contributed by atoms with Gasteiger partial charge in [0.2, 0.25) is 0 Å². The van der Waals surface area contributed by atoms with E-state index in [0.717, 1.165) is 25.1 Å². The molecule has 1 rings (SSSR count). The lowest BCUT2D eigenvalue weighted by molar-refractivity contribution is 0.0702. The van der Waals surface area contributed by atoms with Gasteiger partial charge in [-0.05, 0) is 43.5 Å². The molecule has 0 spiro atoms. The summed E-state index contributed by atoms with van der Waals surface area (Å²) in [6.07, 6.45) is 1.19. The second-order valence-electron chi connectivity index (χ2n) is 5.13. The zero-order chi connectivity index (χ0) is 17.6. The number of nitrogens with zero attached hydrogens (tertiary/aromatic N) is 1. The van der Waals surface area contributed by atoms with Gasteiger partial charge in [0.1, 0.15) is 11.6 Å². The van der Waals surface area contributed by atoms with E-state index in [1.807, 2.05) is 6.92 Å². The van der Waals surface area contributed by atoms with Gasteiger partial charge in [0.05, 0.1) is 13.2 Å². The van der Waals surface area contributed by atoms with Crippen molar-refractivity contribution < 1.29 is 18.3 Å². The lowest BCUT2D eigenvalue weighted by atomic mass is 10.1. The van der Waals surface area contributed by atoms with Crippen LogP contribution in [0, 0.1) is 11.6 Å². The molecule has 2 N–H and O–H groups in total. The van der Waals surface area contributed by atoms with Crippen LogP contribution >= 0.6 is 0 Å². The van der Waals surface area contributed by atoms with Crippen LogP contribution in [-0.2, 0) is 15.9 Å². The van der Waals surface area contributed by atoms with E-state index in [1.54, 1.807) is 7.11 Å². The number of hydrogen-bond donors (Lipinski definition) is 2. The zero-order valence-electron chi connectivity index (χ0n) is 14.4. The zero-order valence-corrected chi connectivity index (χ0v) is 14.4. The van der Waals surface area contributed by atoms with E-state index in [-0.39, 0.29) is 0 Å². The first-order valence-corrected chi connectivity index (χ1v) is 8.20. The standard InChI is InChI=1S/C17H27F2N3O2/c1-3-20-17(21-8-4-10-24-12-11-23-2)22-9-7-14-13-15(18)5-6-16(14)19/h5-6,13H,3-4,7-12H2,1-2H3,(H2,20,21,22). The number of nitrogens with one attached hydrogen (secondary N) is 2. The Bertz CT molecular complexity index is 499. The third-order valence-corrected chi connectivity index (χ3v) is 3.19. The van der Waals surface area contributed by atoms with Gasteiger partial charge < -0.3 is 20.1 Å². The second-order valence-corrected chi connectivity index (χ2v) is 5.13. The summed E-state index contributed by atoms with van der Waals surface area (Å²) in [6, 6.07) is 3.48. The van der Waals surface area contributed by atoms with E-state index in [9.17, 15) is 8.78 Å². The lowest BCUT2D eigenvalue weighted by Gasteiger charge is -2.11. The second kappa shape index (κ2) is 12.7. The van der Waals surface area contributed by atoms with Crippen LogP contribution in [0.1, 0.15) is 18.9 Å². The summed E-state index contributed by atoms with van der Waals surface area (Å²) in [4.78, 5) is 4.42. The first kappa shape index (κ1) is 20.3. The molecule has 1 aromatic carbocycles. The number of aliphatic imine (C=N–C) groups is 1. The maximum Gasteiger partial charge on any atom is 0.191 e. The first-order chi connectivity index (χ1) is 11.7. The van der Waals surface area contributed by atoms with Crippen LogP contribution in [0.4, 0.5) is 8.78 Å². The molecule has 0 saturated heterocycles. The quantitative estimate of drug-likeness (QED) is 0.367. The third kappa shape index (κ3) is 8.79. The van der Waals surface area contributed by atoms with Crippen LogP contribution in [-0.4, -0.2) is 52.5 Å². The van der Waals surface area contributed by atoms with E-state index in [1.165, 1.54) is 6.07 Å². The molecule has 24 heavy (non-hydrogen) atoms. The van der Waals surface area contributed by atoms with Gasteiger partial charge in [-0.1, -0.05) is 0 Å². The molecule has 1 aromatic rings. The van der Waals surface area contributed by atoms with Crippen molar-refractivity contribution >= 4 is 5.96 Å². The molecule has 136 valence electrons. The highest BCUT2D eigenvalue weighted by molar-refractivity contribution is 5.79. The molecule has 0 bridgehead atoms. The molecule has 7 heteroatoms. The average molecular weight is 343 g/mol.